The van der Waals surface area contributed by atoms with Crippen LogP contribution in [0, 0.1) is 36.8 Å². The summed E-state index contributed by atoms with van der Waals surface area (Å²) in [6, 6.07) is 7.34. The Balaban J connectivity index is 1.80. The first-order valence-corrected chi connectivity index (χ1v) is 8.00. The van der Waals surface area contributed by atoms with E-state index in [1.54, 1.807) is 0 Å². The van der Waals surface area contributed by atoms with Gasteiger partial charge in [-0.25, -0.2) is 8.78 Å². The number of carbonyl (C=O) groups excluding carboxylic acids is 1. The molecule has 4 nitrogen and oxygen atoms in total. The summed E-state index contributed by atoms with van der Waals surface area (Å²) in [7, 11) is 0. The van der Waals surface area contributed by atoms with Crippen molar-refractivity contribution in [2.45, 2.75) is 26.3 Å². The second kappa shape index (κ2) is 6.96. The van der Waals surface area contributed by atoms with Gasteiger partial charge in [0.2, 0.25) is 5.91 Å². The molecule has 0 aliphatic carbocycles. The number of hydrogen-bond donors (Lipinski definition) is 1. The number of hydrogen-bond acceptors (Lipinski definition) is 3. The van der Waals surface area contributed by atoms with Crippen molar-refractivity contribution in [3.8, 4) is 6.07 Å². The molecule has 6 heteroatoms. The number of carbonyl (C=O) groups is 1. The summed E-state index contributed by atoms with van der Waals surface area (Å²) >= 11 is 0. The fourth-order valence-corrected chi connectivity index (χ4v) is 2.77. The summed E-state index contributed by atoms with van der Waals surface area (Å²) in [6.07, 6.45) is 1.49. The summed E-state index contributed by atoms with van der Waals surface area (Å²) in [4.78, 5) is 12.3. The van der Waals surface area contributed by atoms with Gasteiger partial charge in [0.05, 0.1) is 18.8 Å². The highest BCUT2D eigenvalue weighted by Gasteiger charge is 2.19. The highest BCUT2D eigenvalue weighted by molar-refractivity contribution is 5.88. The Morgan fingerprint density at radius 2 is 1.96 bits per heavy atom. The van der Waals surface area contributed by atoms with Crippen molar-refractivity contribution in [2.24, 2.45) is 0 Å². The zero-order valence-corrected chi connectivity index (χ0v) is 14.3. The number of rotatable bonds is 4. The lowest BCUT2D eigenvalue weighted by Gasteiger charge is -2.12. The highest BCUT2D eigenvalue weighted by Crippen LogP contribution is 2.25. The van der Waals surface area contributed by atoms with Crippen LogP contribution in [0.25, 0.3) is 11.0 Å². The highest BCUT2D eigenvalue weighted by atomic mass is 19.1. The molecule has 0 radical (unpaired) electrons. The van der Waals surface area contributed by atoms with Gasteiger partial charge in [-0.3, -0.25) is 4.79 Å². The lowest BCUT2D eigenvalue weighted by atomic mass is 10.0. The maximum absolute atomic E-state index is 13.8. The number of nitrogens with zero attached hydrogens (tertiary/aromatic N) is 1. The van der Waals surface area contributed by atoms with E-state index >= 15 is 0 Å². The van der Waals surface area contributed by atoms with Crippen LogP contribution in [-0.2, 0) is 11.2 Å². The minimum Gasteiger partial charge on any atom is -0.464 e. The lowest BCUT2D eigenvalue weighted by molar-refractivity contribution is -0.120. The van der Waals surface area contributed by atoms with E-state index in [9.17, 15) is 18.8 Å². The van der Waals surface area contributed by atoms with E-state index in [1.165, 1.54) is 6.26 Å². The van der Waals surface area contributed by atoms with Crippen molar-refractivity contribution in [2.75, 3.05) is 0 Å². The third-order valence-electron chi connectivity index (χ3n) is 4.33. The number of furan rings is 1. The minimum absolute atomic E-state index is 0.0174. The smallest absolute Gasteiger partial charge is 0.225 e. The molecule has 3 aromatic rings. The van der Waals surface area contributed by atoms with Crippen LogP contribution >= 0.6 is 0 Å². The van der Waals surface area contributed by atoms with Crippen LogP contribution in [0.3, 0.4) is 0 Å². The van der Waals surface area contributed by atoms with Gasteiger partial charge in [0.1, 0.15) is 23.3 Å². The average Bonchev–Trinajstić information content (AvgIpc) is 2.95. The summed E-state index contributed by atoms with van der Waals surface area (Å²) in [5.74, 6) is -2.08. The van der Waals surface area contributed by atoms with Gasteiger partial charge in [0.15, 0.2) is 0 Å². The van der Waals surface area contributed by atoms with Crippen LogP contribution < -0.4 is 5.32 Å². The van der Waals surface area contributed by atoms with Crippen molar-refractivity contribution in [1.29, 1.82) is 5.26 Å². The Hall–Kier alpha value is -3.20. The molecule has 1 unspecified atom stereocenters. The Kier molecular flexibility index (Phi) is 4.72. The fraction of sp³-hybridized carbons (Fsp3) is 0.200. The van der Waals surface area contributed by atoms with Gasteiger partial charge in [-0.15, -0.1) is 0 Å². The number of aryl methyl sites for hydroxylation is 2. The zero-order chi connectivity index (χ0) is 18.8. The predicted octanol–water partition coefficient (Wildman–Crippen LogP) is 4.25. The van der Waals surface area contributed by atoms with E-state index in [1.807, 2.05) is 32.0 Å². The van der Waals surface area contributed by atoms with Crippen molar-refractivity contribution >= 4 is 16.9 Å². The summed E-state index contributed by atoms with van der Waals surface area (Å²) in [6.45, 7) is 3.94. The summed E-state index contributed by atoms with van der Waals surface area (Å²) in [5.41, 5.74) is 3.43. The first-order chi connectivity index (χ1) is 12.4. The van der Waals surface area contributed by atoms with Crippen LogP contribution in [0.4, 0.5) is 8.78 Å². The van der Waals surface area contributed by atoms with Crippen LogP contribution in [0.1, 0.15) is 28.3 Å². The summed E-state index contributed by atoms with van der Waals surface area (Å²) in [5, 5.41) is 12.5. The van der Waals surface area contributed by atoms with E-state index in [0.29, 0.717) is 17.2 Å². The molecule has 0 bridgehead atoms. The molecule has 0 aliphatic heterocycles. The van der Waals surface area contributed by atoms with Crippen molar-refractivity contribution in [3.63, 3.8) is 0 Å². The lowest BCUT2D eigenvalue weighted by Crippen LogP contribution is -2.29. The molecular formula is C20H16F2N2O2. The number of benzene rings is 2. The molecule has 26 heavy (non-hydrogen) atoms. The first kappa shape index (κ1) is 17.6. The van der Waals surface area contributed by atoms with Gasteiger partial charge in [-0.1, -0.05) is 6.07 Å². The van der Waals surface area contributed by atoms with E-state index in [0.717, 1.165) is 28.6 Å². The van der Waals surface area contributed by atoms with E-state index < -0.39 is 23.6 Å². The molecule has 1 amide bonds. The van der Waals surface area contributed by atoms with E-state index in [2.05, 4.69) is 5.32 Å². The molecule has 1 atom stereocenters. The maximum Gasteiger partial charge on any atom is 0.225 e. The number of nitrogens with one attached hydrogen (secondary N) is 1. The van der Waals surface area contributed by atoms with Gasteiger partial charge in [0.25, 0.3) is 0 Å². The largest absolute Gasteiger partial charge is 0.464 e. The fourth-order valence-electron chi connectivity index (χ4n) is 2.77. The molecule has 0 saturated carbocycles. The van der Waals surface area contributed by atoms with Crippen LogP contribution in [0.5, 0.6) is 0 Å². The second-order valence-electron chi connectivity index (χ2n) is 6.17. The molecule has 0 fully saturated rings. The molecule has 0 spiro atoms. The van der Waals surface area contributed by atoms with Crippen LogP contribution in [0.15, 0.2) is 41.0 Å². The van der Waals surface area contributed by atoms with Gasteiger partial charge in [-0.2, -0.15) is 5.26 Å². The zero-order valence-electron chi connectivity index (χ0n) is 14.3. The van der Waals surface area contributed by atoms with Crippen molar-refractivity contribution in [1.82, 2.24) is 5.32 Å². The SMILES string of the molecule is Cc1cc2occ(CC(=O)NC(C#N)c3ccc(F)cc3F)c2cc1C. The van der Waals surface area contributed by atoms with E-state index in [4.69, 9.17) is 4.42 Å². The Morgan fingerprint density at radius 1 is 1.23 bits per heavy atom. The first-order valence-electron chi connectivity index (χ1n) is 8.00. The van der Waals surface area contributed by atoms with Gasteiger partial charge < -0.3 is 9.73 Å². The second-order valence-corrected chi connectivity index (χ2v) is 6.17. The summed E-state index contributed by atoms with van der Waals surface area (Å²) < 4.78 is 32.4. The standard InChI is InChI=1S/C20H16F2N2O2/c1-11-5-16-13(10-26-19(16)6-12(11)2)7-20(25)24-18(9-23)15-4-3-14(21)8-17(15)22/h3-6,8,10,18H,7H2,1-2H3,(H,24,25). The molecule has 1 N–H and O–H groups in total. The third kappa shape index (κ3) is 3.42. The molecule has 3 rings (SSSR count). The number of halogens is 2. The predicted molar refractivity (Wildman–Crippen MR) is 92.2 cm³/mol. The Bertz CT molecular complexity index is 1030. The number of amides is 1. The topological polar surface area (TPSA) is 66.0 Å². The van der Waals surface area contributed by atoms with Gasteiger partial charge in [0, 0.05) is 22.6 Å². The number of fused-ring (bicyclic) bond motifs is 1. The normalized spacial score (nSPS) is 12.0. The van der Waals surface area contributed by atoms with E-state index in [-0.39, 0.29) is 12.0 Å². The Morgan fingerprint density at radius 3 is 2.65 bits per heavy atom. The number of nitriles is 1. The van der Waals surface area contributed by atoms with Crippen LogP contribution in [0.2, 0.25) is 0 Å². The molecular weight excluding hydrogens is 338 g/mol. The molecule has 0 aliphatic rings. The monoisotopic (exact) mass is 354 g/mol. The average molecular weight is 354 g/mol. The van der Waals surface area contributed by atoms with Crippen LogP contribution in [-0.4, -0.2) is 5.91 Å². The minimum atomic E-state index is -1.20. The third-order valence-corrected chi connectivity index (χ3v) is 4.33. The maximum atomic E-state index is 13.8. The van der Waals surface area contributed by atoms with Gasteiger partial charge >= 0.3 is 0 Å². The quantitative estimate of drug-likeness (QED) is 0.762. The molecule has 0 saturated heterocycles. The Labute approximate surface area is 149 Å². The van der Waals surface area contributed by atoms with Crippen molar-refractivity contribution < 1.29 is 18.0 Å². The molecule has 2 aromatic carbocycles. The van der Waals surface area contributed by atoms with Crippen molar-refractivity contribution in [3.05, 3.63) is 70.5 Å². The molecule has 1 heterocycles. The molecule has 1 aromatic heterocycles. The van der Waals surface area contributed by atoms with Gasteiger partial charge in [-0.05, 0) is 43.2 Å². The molecule has 132 valence electrons.